The van der Waals surface area contributed by atoms with Gasteiger partial charge in [-0.05, 0) is 60.5 Å². The van der Waals surface area contributed by atoms with Crippen molar-refractivity contribution < 1.29 is 4.79 Å². The lowest BCUT2D eigenvalue weighted by molar-refractivity contribution is -0.128. The molecule has 1 saturated heterocycles. The molecule has 0 atom stereocenters. The summed E-state index contributed by atoms with van der Waals surface area (Å²) in [4.78, 5) is 17.1. The largest absolute Gasteiger partial charge is 0.368 e. The molecular weight excluding hydrogens is 396 g/mol. The minimum absolute atomic E-state index is 0.124. The van der Waals surface area contributed by atoms with Crippen LogP contribution in [0.4, 0.5) is 5.69 Å². The lowest BCUT2D eigenvalue weighted by atomic mass is 10.1. The third-order valence-electron chi connectivity index (χ3n) is 5.59. The van der Waals surface area contributed by atoms with E-state index in [1.807, 2.05) is 36.1 Å². The van der Waals surface area contributed by atoms with Crippen molar-refractivity contribution in [2.24, 2.45) is 0 Å². The fourth-order valence-corrected chi connectivity index (χ4v) is 4.40. The van der Waals surface area contributed by atoms with Gasteiger partial charge in [-0.3, -0.25) is 4.79 Å². The molecule has 2 heterocycles. The summed E-state index contributed by atoms with van der Waals surface area (Å²) in [5, 5.41) is 12.6. The Hall–Kier alpha value is -2.87. The van der Waals surface area contributed by atoms with E-state index in [-0.39, 0.29) is 5.91 Å². The number of hydrogen-bond acceptors (Lipinski definition) is 6. The van der Waals surface area contributed by atoms with Gasteiger partial charge in [0.1, 0.15) is 0 Å². The van der Waals surface area contributed by atoms with Gasteiger partial charge in [0.25, 0.3) is 0 Å². The fraction of sp³-hybridized carbons (Fsp3) is 0.364. The first kappa shape index (κ1) is 20.4. The number of rotatable bonds is 5. The van der Waals surface area contributed by atoms with E-state index in [0.29, 0.717) is 10.9 Å². The molecule has 0 saturated carbocycles. The topological polar surface area (TPSA) is 67.2 Å². The van der Waals surface area contributed by atoms with Gasteiger partial charge in [-0.2, -0.15) is 4.68 Å². The molecule has 1 aliphatic heterocycles. The van der Waals surface area contributed by atoms with Gasteiger partial charge in [0.15, 0.2) is 0 Å². The zero-order chi connectivity index (χ0) is 21.1. The molecule has 0 N–H and O–H groups in total. The first-order valence-corrected chi connectivity index (χ1v) is 11.1. The summed E-state index contributed by atoms with van der Waals surface area (Å²) in [6.45, 7) is 9.50. The monoisotopic (exact) mass is 422 g/mol. The second-order valence-electron chi connectivity index (χ2n) is 7.58. The first-order chi connectivity index (χ1) is 14.5. The van der Waals surface area contributed by atoms with Crippen molar-refractivity contribution >= 4 is 23.4 Å². The molecule has 7 nitrogen and oxygen atoms in total. The van der Waals surface area contributed by atoms with Gasteiger partial charge in [0, 0.05) is 31.9 Å². The Morgan fingerprint density at radius 3 is 2.47 bits per heavy atom. The molecule has 3 aromatic rings. The van der Waals surface area contributed by atoms with E-state index in [4.69, 9.17) is 0 Å². The van der Waals surface area contributed by atoms with Crippen LogP contribution in [0.5, 0.6) is 0 Å². The average Bonchev–Trinajstić information content (AvgIpc) is 3.23. The lowest BCUT2D eigenvalue weighted by Crippen LogP contribution is -2.49. The number of carbonyl (C=O) groups is 1. The van der Waals surface area contributed by atoms with E-state index in [9.17, 15) is 4.79 Å². The number of piperazine rings is 1. The predicted molar refractivity (Wildman–Crippen MR) is 119 cm³/mol. The van der Waals surface area contributed by atoms with Gasteiger partial charge in [-0.1, -0.05) is 41.6 Å². The Balaban J connectivity index is 1.34. The number of thioether (sulfide) groups is 1. The van der Waals surface area contributed by atoms with E-state index in [1.165, 1.54) is 34.1 Å². The number of aryl methyl sites for hydroxylation is 2. The highest BCUT2D eigenvalue weighted by Crippen LogP contribution is 2.24. The second kappa shape index (κ2) is 8.87. The zero-order valence-electron chi connectivity index (χ0n) is 17.6. The first-order valence-electron chi connectivity index (χ1n) is 10.1. The Kier molecular flexibility index (Phi) is 6.03. The van der Waals surface area contributed by atoms with Crippen LogP contribution >= 0.6 is 11.8 Å². The zero-order valence-corrected chi connectivity index (χ0v) is 18.4. The number of hydrogen-bond donors (Lipinski definition) is 0. The summed E-state index contributed by atoms with van der Waals surface area (Å²) in [5.41, 5.74) is 5.96. The van der Waals surface area contributed by atoms with Crippen molar-refractivity contribution in [2.45, 2.75) is 25.9 Å². The Bertz CT molecular complexity index is 1020. The van der Waals surface area contributed by atoms with E-state index < -0.39 is 0 Å². The standard InChI is InChI=1S/C22H26N6OS/c1-16-7-9-19(10-8-16)28-22(23-24-25-28)30-15-21(29)27-13-11-26(12-14-27)20-6-4-5-17(2)18(20)3/h4-10H,11-15H2,1-3H3. The number of benzene rings is 2. The van der Waals surface area contributed by atoms with Gasteiger partial charge in [0.05, 0.1) is 11.4 Å². The van der Waals surface area contributed by atoms with Crippen LogP contribution < -0.4 is 4.90 Å². The minimum Gasteiger partial charge on any atom is -0.368 e. The summed E-state index contributed by atoms with van der Waals surface area (Å²) in [5.74, 6) is 0.453. The van der Waals surface area contributed by atoms with Crippen molar-refractivity contribution in [3.05, 3.63) is 59.2 Å². The van der Waals surface area contributed by atoms with E-state index in [0.717, 1.165) is 31.9 Å². The van der Waals surface area contributed by atoms with Crippen molar-refractivity contribution in [3.8, 4) is 5.69 Å². The van der Waals surface area contributed by atoms with Crippen LogP contribution in [0.25, 0.3) is 5.69 Å². The van der Waals surface area contributed by atoms with Crippen LogP contribution in [0.1, 0.15) is 16.7 Å². The molecule has 30 heavy (non-hydrogen) atoms. The van der Waals surface area contributed by atoms with E-state index in [1.54, 1.807) is 4.68 Å². The van der Waals surface area contributed by atoms with Gasteiger partial charge in [-0.25, -0.2) is 0 Å². The number of aromatic nitrogens is 4. The molecule has 2 aromatic carbocycles. The molecule has 0 unspecified atom stereocenters. The quantitative estimate of drug-likeness (QED) is 0.589. The third-order valence-corrected chi connectivity index (χ3v) is 6.50. The molecule has 0 bridgehead atoms. The van der Waals surface area contributed by atoms with Crippen molar-refractivity contribution in [2.75, 3.05) is 36.8 Å². The third kappa shape index (κ3) is 4.33. The molecule has 1 aromatic heterocycles. The fourth-order valence-electron chi connectivity index (χ4n) is 3.61. The van der Waals surface area contributed by atoms with Crippen LogP contribution in [0.3, 0.4) is 0 Å². The lowest BCUT2D eigenvalue weighted by Gasteiger charge is -2.37. The maximum absolute atomic E-state index is 12.8. The highest BCUT2D eigenvalue weighted by molar-refractivity contribution is 7.99. The van der Waals surface area contributed by atoms with Crippen LogP contribution in [0, 0.1) is 20.8 Å². The molecule has 156 valence electrons. The van der Waals surface area contributed by atoms with Crippen LogP contribution in [-0.4, -0.2) is 62.9 Å². The Labute approximate surface area is 181 Å². The normalized spacial score (nSPS) is 14.2. The summed E-state index contributed by atoms with van der Waals surface area (Å²) in [7, 11) is 0. The van der Waals surface area contributed by atoms with Crippen LogP contribution in [0.15, 0.2) is 47.6 Å². The molecule has 1 amide bonds. The number of amides is 1. The molecule has 1 fully saturated rings. The van der Waals surface area contributed by atoms with Crippen molar-refractivity contribution in [3.63, 3.8) is 0 Å². The Morgan fingerprint density at radius 1 is 1.00 bits per heavy atom. The van der Waals surface area contributed by atoms with E-state index in [2.05, 4.69) is 52.5 Å². The SMILES string of the molecule is Cc1ccc(-n2nnnc2SCC(=O)N2CCN(c3cccc(C)c3C)CC2)cc1. The van der Waals surface area contributed by atoms with Gasteiger partial charge >= 0.3 is 0 Å². The number of nitrogens with zero attached hydrogens (tertiary/aromatic N) is 6. The number of carbonyl (C=O) groups excluding carboxylic acids is 1. The molecule has 0 radical (unpaired) electrons. The summed E-state index contributed by atoms with van der Waals surface area (Å²) in [6, 6.07) is 14.4. The van der Waals surface area contributed by atoms with Crippen LogP contribution in [0.2, 0.25) is 0 Å². The predicted octanol–water partition coefficient (Wildman–Crippen LogP) is 3.03. The van der Waals surface area contributed by atoms with Gasteiger partial charge in [-0.15, -0.1) is 5.10 Å². The highest BCUT2D eigenvalue weighted by atomic mass is 32.2. The van der Waals surface area contributed by atoms with Crippen molar-refractivity contribution in [1.29, 1.82) is 0 Å². The van der Waals surface area contributed by atoms with Gasteiger partial charge in [0.2, 0.25) is 11.1 Å². The maximum atomic E-state index is 12.8. The van der Waals surface area contributed by atoms with Crippen molar-refractivity contribution in [1.82, 2.24) is 25.1 Å². The smallest absolute Gasteiger partial charge is 0.233 e. The molecule has 0 aliphatic carbocycles. The minimum atomic E-state index is 0.124. The van der Waals surface area contributed by atoms with Crippen LogP contribution in [-0.2, 0) is 4.79 Å². The maximum Gasteiger partial charge on any atom is 0.233 e. The average molecular weight is 423 g/mol. The van der Waals surface area contributed by atoms with E-state index >= 15 is 0 Å². The molecule has 1 aliphatic rings. The Morgan fingerprint density at radius 2 is 1.73 bits per heavy atom. The summed E-state index contributed by atoms with van der Waals surface area (Å²) < 4.78 is 1.68. The molecule has 8 heteroatoms. The molecule has 0 spiro atoms. The number of anilines is 1. The summed E-state index contributed by atoms with van der Waals surface area (Å²) in [6.07, 6.45) is 0. The highest BCUT2D eigenvalue weighted by Gasteiger charge is 2.23. The van der Waals surface area contributed by atoms with Gasteiger partial charge < -0.3 is 9.80 Å². The summed E-state index contributed by atoms with van der Waals surface area (Å²) >= 11 is 1.38. The molecular formula is C22H26N6OS. The second-order valence-corrected chi connectivity index (χ2v) is 8.53. The number of tetrazole rings is 1. The molecule has 4 rings (SSSR count).